The fourth-order valence-electron chi connectivity index (χ4n) is 6.93. The zero-order valence-electron chi connectivity index (χ0n) is 24.3. The van der Waals surface area contributed by atoms with Gasteiger partial charge in [0.25, 0.3) is 11.6 Å². The van der Waals surface area contributed by atoms with E-state index in [0.717, 1.165) is 0 Å². The largest absolute Gasteiger partial charge is 0.508 e. The number of aliphatic hydroxyl groups is 3. The van der Waals surface area contributed by atoms with Gasteiger partial charge in [-0.2, -0.15) is 0 Å². The smallest absolute Gasteiger partial charge is 0.270 e. The third-order valence-corrected chi connectivity index (χ3v) is 8.90. The highest BCUT2D eigenvalue weighted by molar-refractivity contribution is 6.24. The van der Waals surface area contributed by atoms with Crippen molar-refractivity contribution in [1.82, 2.24) is 4.90 Å². The van der Waals surface area contributed by atoms with E-state index in [2.05, 4.69) is 0 Å². The highest BCUT2D eigenvalue weighted by atomic mass is 16.6. The van der Waals surface area contributed by atoms with Crippen LogP contribution < -0.4 is 5.73 Å². The van der Waals surface area contributed by atoms with Crippen LogP contribution in [0.2, 0.25) is 0 Å². The van der Waals surface area contributed by atoms with E-state index in [-0.39, 0.29) is 35.4 Å². The molecule has 0 radical (unpaired) electrons. The number of nitrogens with two attached hydrogens (primary N) is 1. The highest BCUT2D eigenvalue weighted by Gasteiger charge is 2.64. The molecule has 6 N–H and O–H groups in total. The third-order valence-electron chi connectivity index (χ3n) is 8.90. The van der Waals surface area contributed by atoms with Gasteiger partial charge >= 0.3 is 0 Å². The first-order valence-corrected chi connectivity index (χ1v) is 13.7. The van der Waals surface area contributed by atoms with Crippen LogP contribution in [0.3, 0.4) is 0 Å². The lowest BCUT2D eigenvalue weighted by molar-refractivity contribution is -0.384. The second kappa shape index (κ2) is 9.75. The molecule has 2 aromatic carbocycles. The van der Waals surface area contributed by atoms with Gasteiger partial charge in [0.2, 0.25) is 5.78 Å². The molecule has 5 rings (SSSR count). The molecule has 0 unspecified atom stereocenters. The van der Waals surface area contributed by atoms with Crippen LogP contribution in [0.15, 0.2) is 47.2 Å². The van der Waals surface area contributed by atoms with E-state index in [4.69, 9.17) is 5.73 Å². The molecule has 3 aliphatic rings. The van der Waals surface area contributed by atoms with Gasteiger partial charge in [0.05, 0.1) is 16.5 Å². The number of aromatic hydroxyl groups is 1. The first kappa shape index (κ1) is 29.9. The number of aliphatic hydroxyl groups excluding tert-OH is 2. The van der Waals surface area contributed by atoms with Crippen molar-refractivity contribution < 1.29 is 39.7 Å². The normalized spacial score (nSPS) is 25.4. The second-order valence-corrected chi connectivity index (χ2v) is 12.7. The van der Waals surface area contributed by atoms with Crippen LogP contribution in [0, 0.1) is 22.0 Å². The predicted molar refractivity (Wildman–Crippen MR) is 155 cm³/mol. The van der Waals surface area contributed by atoms with Crippen LogP contribution >= 0.6 is 0 Å². The van der Waals surface area contributed by atoms with Crippen molar-refractivity contribution in [2.24, 2.45) is 17.6 Å². The van der Waals surface area contributed by atoms with E-state index < -0.39 is 68.4 Å². The maximum absolute atomic E-state index is 14.2. The summed E-state index contributed by atoms with van der Waals surface area (Å²) in [5.41, 5.74) is 2.38. The molecule has 2 aromatic rings. The molecule has 4 atom stereocenters. The number of nitrogens with zero attached hydrogens (tertiary/aromatic N) is 2. The number of non-ortho nitro benzene ring substituents is 1. The van der Waals surface area contributed by atoms with Crippen molar-refractivity contribution >= 4 is 28.9 Å². The van der Waals surface area contributed by atoms with Gasteiger partial charge in [-0.05, 0) is 61.0 Å². The number of hydrogen-bond acceptors (Lipinski definition) is 10. The summed E-state index contributed by atoms with van der Waals surface area (Å²) >= 11 is 0. The van der Waals surface area contributed by atoms with Gasteiger partial charge in [0.15, 0.2) is 11.4 Å². The topological polar surface area (TPSA) is 205 Å². The van der Waals surface area contributed by atoms with Gasteiger partial charge in [-0.1, -0.05) is 32.9 Å². The number of hydrogen-bond donors (Lipinski definition) is 5. The molecule has 0 spiro atoms. The van der Waals surface area contributed by atoms with Gasteiger partial charge in [-0.25, -0.2) is 0 Å². The van der Waals surface area contributed by atoms with Crippen LogP contribution in [0.4, 0.5) is 5.69 Å². The molecular weight excluding hydrogens is 558 g/mol. The monoisotopic (exact) mass is 591 g/mol. The minimum Gasteiger partial charge on any atom is -0.508 e. The van der Waals surface area contributed by atoms with Crippen LogP contribution in [-0.4, -0.2) is 73.5 Å². The lowest BCUT2D eigenvalue weighted by atomic mass is 9.57. The summed E-state index contributed by atoms with van der Waals surface area (Å²) < 4.78 is 0. The number of phenols is 1. The van der Waals surface area contributed by atoms with Gasteiger partial charge in [0.1, 0.15) is 22.8 Å². The summed E-state index contributed by atoms with van der Waals surface area (Å²) in [6, 6.07) is 6.44. The standard InChI is InChI=1S/C31H33N3O9/c1-30(2,3)19-12-16(13-7-6-8-15(9-13)34(42)43)17-10-14-11-18-23(33(4)5)26(37)22(29(32)40)28(39)31(18,41)27(38)20(14)25(36)21(17)24(19)35/h6-9,12,14,18,23,35-36,39,41H,10-11H2,1-5H3,(H2,32,40)/t14-,18-,23+,31-/m0/s1. The van der Waals surface area contributed by atoms with Crippen LogP contribution in [0.1, 0.15) is 43.9 Å². The number of Topliss-reactive ketones (excluding diaryl/α,β-unsaturated/α-hetero) is 2. The number of carbonyl (C=O) groups excluding carboxylic acids is 3. The molecule has 1 fully saturated rings. The quantitative estimate of drug-likeness (QED) is 0.200. The maximum Gasteiger partial charge on any atom is 0.270 e. The van der Waals surface area contributed by atoms with Gasteiger partial charge in [-0.3, -0.25) is 29.4 Å². The van der Waals surface area contributed by atoms with Crippen LogP contribution in [0.5, 0.6) is 5.75 Å². The summed E-state index contributed by atoms with van der Waals surface area (Å²) in [4.78, 5) is 52.1. The zero-order valence-corrected chi connectivity index (χ0v) is 24.3. The van der Waals surface area contributed by atoms with E-state index >= 15 is 0 Å². The Balaban J connectivity index is 1.82. The van der Waals surface area contributed by atoms with Crippen molar-refractivity contribution in [2.45, 2.75) is 50.7 Å². The molecule has 0 aromatic heterocycles. The Morgan fingerprint density at radius 3 is 2.35 bits per heavy atom. The molecule has 1 amide bonds. The number of benzene rings is 2. The number of fused-ring (bicyclic) bond motifs is 3. The number of nitro groups is 1. The maximum atomic E-state index is 14.2. The van der Waals surface area contributed by atoms with Crippen LogP contribution in [0.25, 0.3) is 16.9 Å². The van der Waals surface area contributed by atoms with Gasteiger partial charge in [-0.15, -0.1) is 0 Å². The average Bonchev–Trinajstić information content (AvgIpc) is 2.89. The summed E-state index contributed by atoms with van der Waals surface area (Å²) in [5.74, 6) is -7.32. The molecule has 43 heavy (non-hydrogen) atoms. The number of nitro benzene ring substituents is 1. The molecule has 12 heteroatoms. The van der Waals surface area contributed by atoms with Crippen molar-refractivity contribution in [3.8, 4) is 16.9 Å². The van der Waals surface area contributed by atoms with Crippen molar-refractivity contribution in [3.63, 3.8) is 0 Å². The Kier molecular flexibility index (Phi) is 6.78. The number of likely N-dealkylation sites (N-methyl/N-ethyl adjacent to an activating group) is 1. The molecule has 12 nitrogen and oxygen atoms in total. The Morgan fingerprint density at radius 2 is 1.79 bits per heavy atom. The Bertz CT molecular complexity index is 1700. The number of ketones is 2. The van der Waals surface area contributed by atoms with E-state index in [1.807, 2.05) is 20.8 Å². The average molecular weight is 592 g/mol. The molecule has 0 heterocycles. The molecule has 0 saturated heterocycles. The summed E-state index contributed by atoms with van der Waals surface area (Å²) in [6.07, 6.45) is -0.00747. The third kappa shape index (κ3) is 4.23. The number of rotatable bonds is 4. The van der Waals surface area contributed by atoms with Gasteiger partial charge in [0, 0.05) is 29.2 Å². The predicted octanol–water partition coefficient (Wildman–Crippen LogP) is 2.84. The van der Waals surface area contributed by atoms with Crippen molar-refractivity contribution in [3.05, 3.63) is 74.0 Å². The minimum atomic E-state index is -2.75. The Morgan fingerprint density at radius 1 is 1.14 bits per heavy atom. The van der Waals surface area contributed by atoms with Crippen molar-refractivity contribution in [2.75, 3.05) is 14.1 Å². The molecule has 0 aliphatic heterocycles. The van der Waals surface area contributed by atoms with E-state index in [0.29, 0.717) is 22.3 Å². The molecule has 1 saturated carbocycles. The molecule has 3 aliphatic carbocycles. The fourth-order valence-corrected chi connectivity index (χ4v) is 6.93. The Hall–Kier alpha value is -4.55. The lowest BCUT2D eigenvalue weighted by Gasteiger charge is -2.50. The van der Waals surface area contributed by atoms with Gasteiger partial charge < -0.3 is 26.2 Å². The molecule has 226 valence electrons. The van der Waals surface area contributed by atoms with E-state index in [1.165, 1.54) is 37.2 Å². The van der Waals surface area contributed by atoms with Crippen molar-refractivity contribution in [1.29, 1.82) is 0 Å². The Labute approximate surface area is 246 Å². The molecular formula is C31H33N3O9. The summed E-state index contributed by atoms with van der Waals surface area (Å²) in [7, 11) is 3.06. The number of phenolic OH excluding ortho intramolecular Hbond substituents is 1. The molecule has 0 bridgehead atoms. The number of primary amides is 1. The fraction of sp³-hybridized carbons (Fsp3) is 0.387. The second-order valence-electron chi connectivity index (χ2n) is 12.7. The SMILES string of the molecule is CN(C)[C@H]1C(=O)C(C(N)=O)=C(O)[C@@]2(O)C(=O)C3=C(O)c4c(O)c(C(C)(C)C)cc(-c5cccc([N+](=O)[O-])c5)c4C[C@H]3C[C@@H]12. The number of amides is 1. The summed E-state index contributed by atoms with van der Waals surface area (Å²) in [6.45, 7) is 5.49. The lowest BCUT2D eigenvalue weighted by Crippen LogP contribution is -2.65. The highest BCUT2D eigenvalue weighted by Crippen LogP contribution is 2.55. The van der Waals surface area contributed by atoms with E-state index in [9.17, 15) is 44.9 Å². The first-order valence-electron chi connectivity index (χ1n) is 13.7. The first-order chi connectivity index (χ1) is 19.9. The minimum absolute atomic E-state index is 0.0601. The zero-order chi connectivity index (χ0) is 31.9. The van der Waals surface area contributed by atoms with Crippen LogP contribution in [-0.2, 0) is 26.2 Å². The summed E-state index contributed by atoms with van der Waals surface area (Å²) in [5, 5.41) is 57.7. The number of carbonyl (C=O) groups is 3. The van der Waals surface area contributed by atoms with E-state index in [1.54, 1.807) is 12.1 Å².